The van der Waals surface area contributed by atoms with E-state index in [9.17, 15) is 0 Å². The highest BCUT2D eigenvalue weighted by molar-refractivity contribution is 5.80. The molecule has 20 heavy (non-hydrogen) atoms. The van der Waals surface area contributed by atoms with Gasteiger partial charge in [-0.25, -0.2) is 15.0 Å². The summed E-state index contributed by atoms with van der Waals surface area (Å²) in [6.45, 7) is 10.0. The molecular formula is C15H25N5. The van der Waals surface area contributed by atoms with E-state index in [1.807, 2.05) is 13.0 Å². The van der Waals surface area contributed by atoms with Crippen molar-refractivity contribution in [2.24, 2.45) is 10.9 Å². The largest absolute Gasteiger partial charge is 0.357 e. The first-order valence-electron chi connectivity index (χ1n) is 7.50. The van der Waals surface area contributed by atoms with Crippen LogP contribution in [0.2, 0.25) is 0 Å². The van der Waals surface area contributed by atoms with Gasteiger partial charge in [-0.3, -0.25) is 0 Å². The van der Waals surface area contributed by atoms with Crippen molar-refractivity contribution in [3.05, 3.63) is 23.8 Å². The molecule has 0 radical (unpaired) electrons. The number of nitrogens with zero attached hydrogens (tertiary/aromatic N) is 4. The van der Waals surface area contributed by atoms with Gasteiger partial charge in [0.05, 0.1) is 12.2 Å². The van der Waals surface area contributed by atoms with Gasteiger partial charge >= 0.3 is 0 Å². The number of guanidine groups is 1. The quantitative estimate of drug-likeness (QED) is 0.677. The zero-order valence-electron chi connectivity index (χ0n) is 12.8. The van der Waals surface area contributed by atoms with Crippen LogP contribution < -0.4 is 5.32 Å². The second kappa shape index (κ2) is 7.22. The molecule has 5 heteroatoms. The maximum atomic E-state index is 4.71. The molecule has 0 atom stereocenters. The van der Waals surface area contributed by atoms with Crippen molar-refractivity contribution >= 4 is 5.96 Å². The van der Waals surface area contributed by atoms with Crippen LogP contribution in [0.5, 0.6) is 0 Å². The molecule has 0 aromatic carbocycles. The molecule has 110 valence electrons. The Bertz CT molecular complexity index is 449. The Hall–Kier alpha value is -1.65. The minimum Gasteiger partial charge on any atom is -0.357 e. The summed E-state index contributed by atoms with van der Waals surface area (Å²) < 4.78 is 0. The van der Waals surface area contributed by atoms with Gasteiger partial charge < -0.3 is 10.2 Å². The molecule has 0 aliphatic carbocycles. The molecule has 1 aliphatic rings. The number of aromatic nitrogens is 2. The Balaban J connectivity index is 2.02. The predicted octanol–water partition coefficient (Wildman–Crippen LogP) is 1.98. The van der Waals surface area contributed by atoms with Crippen molar-refractivity contribution in [3.63, 3.8) is 0 Å². The molecule has 2 rings (SSSR count). The first-order valence-corrected chi connectivity index (χ1v) is 7.50. The fourth-order valence-electron chi connectivity index (χ4n) is 2.40. The lowest BCUT2D eigenvalue weighted by Crippen LogP contribution is -2.45. The van der Waals surface area contributed by atoms with Crippen LogP contribution in [0, 0.1) is 12.8 Å². The van der Waals surface area contributed by atoms with Gasteiger partial charge in [-0.1, -0.05) is 6.92 Å². The summed E-state index contributed by atoms with van der Waals surface area (Å²) in [6.07, 6.45) is 4.29. The molecule has 0 amide bonds. The molecule has 1 aromatic rings. The first-order chi connectivity index (χ1) is 9.69. The van der Waals surface area contributed by atoms with Crippen LogP contribution in [-0.4, -0.2) is 40.5 Å². The number of aliphatic imine (C=N–C) groups is 1. The standard InChI is InChI=1S/C15H25N5/c1-4-16-15(20-9-6-12(2)7-10-20)18-11-14-5-8-17-13(3)19-14/h5,8,12H,4,6-7,9-11H2,1-3H3,(H,16,18). The Labute approximate surface area is 121 Å². The number of piperidine rings is 1. The number of hydrogen-bond donors (Lipinski definition) is 1. The smallest absolute Gasteiger partial charge is 0.194 e. The maximum Gasteiger partial charge on any atom is 0.194 e. The minimum atomic E-state index is 0.609. The van der Waals surface area contributed by atoms with Crippen molar-refractivity contribution in [2.45, 2.75) is 40.2 Å². The van der Waals surface area contributed by atoms with E-state index in [1.165, 1.54) is 12.8 Å². The molecule has 0 saturated carbocycles. The van der Waals surface area contributed by atoms with E-state index in [4.69, 9.17) is 4.99 Å². The molecule has 1 saturated heterocycles. The minimum absolute atomic E-state index is 0.609. The molecule has 1 aromatic heterocycles. The van der Waals surface area contributed by atoms with E-state index in [-0.39, 0.29) is 0 Å². The number of nitrogens with one attached hydrogen (secondary N) is 1. The zero-order valence-corrected chi connectivity index (χ0v) is 12.8. The zero-order chi connectivity index (χ0) is 14.4. The lowest BCUT2D eigenvalue weighted by atomic mass is 10.00. The number of hydrogen-bond acceptors (Lipinski definition) is 3. The van der Waals surface area contributed by atoms with Gasteiger partial charge in [0.15, 0.2) is 5.96 Å². The van der Waals surface area contributed by atoms with Crippen LogP contribution in [0.25, 0.3) is 0 Å². The fraction of sp³-hybridized carbons (Fsp3) is 0.667. The van der Waals surface area contributed by atoms with Gasteiger partial charge in [-0.2, -0.15) is 0 Å². The van der Waals surface area contributed by atoms with Crippen LogP contribution in [0.3, 0.4) is 0 Å². The van der Waals surface area contributed by atoms with Gasteiger partial charge in [0, 0.05) is 25.8 Å². The van der Waals surface area contributed by atoms with Crippen molar-refractivity contribution in [3.8, 4) is 0 Å². The van der Waals surface area contributed by atoms with Crippen LogP contribution in [0.15, 0.2) is 17.3 Å². The van der Waals surface area contributed by atoms with Gasteiger partial charge in [0.2, 0.25) is 0 Å². The molecule has 1 fully saturated rings. The number of aryl methyl sites for hydroxylation is 1. The van der Waals surface area contributed by atoms with Gasteiger partial charge in [0.25, 0.3) is 0 Å². The van der Waals surface area contributed by atoms with Crippen molar-refractivity contribution in [1.82, 2.24) is 20.2 Å². The summed E-state index contributed by atoms with van der Waals surface area (Å²) in [5.74, 6) is 2.64. The monoisotopic (exact) mass is 275 g/mol. The van der Waals surface area contributed by atoms with E-state index < -0.39 is 0 Å². The van der Waals surface area contributed by atoms with E-state index >= 15 is 0 Å². The van der Waals surface area contributed by atoms with Crippen LogP contribution >= 0.6 is 0 Å². The van der Waals surface area contributed by atoms with Gasteiger partial charge in [-0.15, -0.1) is 0 Å². The molecule has 2 heterocycles. The maximum absolute atomic E-state index is 4.71. The second-order valence-electron chi connectivity index (χ2n) is 5.43. The average molecular weight is 275 g/mol. The summed E-state index contributed by atoms with van der Waals surface area (Å²) in [6, 6.07) is 1.93. The Morgan fingerprint density at radius 1 is 1.45 bits per heavy atom. The Morgan fingerprint density at radius 2 is 2.20 bits per heavy atom. The highest BCUT2D eigenvalue weighted by Crippen LogP contribution is 2.16. The summed E-state index contributed by atoms with van der Waals surface area (Å²) in [7, 11) is 0. The SMILES string of the molecule is CCNC(=NCc1ccnc(C)n1)N1CCC(C)CC1. The van der Waals surface area contributed by atoms with Crippen LogP contribution in [-0.2, 0) is 6.54 Å². The third-order valence-corrected chi connectivity index (χ3v) is 3.64. The summed E-state index contributed by atoms with van der Waals surface area (Å²) >= 11 is 0. The lowest BCUT2D eigenvalue weighted by molar-refractivity contribution is 0.273. The van der Waals surface area contributed by atoms with Crippen molar-refractivity contribution < 1.29 is 0 Å². The fourth-order valence-corrected chi connectivity index (χ4v) is 2.40. The summed E-state index contributed by atoms with van der Waals surface area (Å²) in [5.41, 5.74) is 0.971. The third-order valence-electron chi connectivity index (χ3n) is 3.64. The molecule has 0 spiro atoms. The second-order valence-corrected chi connectivity index (χ2v) is 5.43. The highest BCUT2D eigenvalue weighted by Gasteiger charge is 2.18. The van der Waals surface area contributed by atoms with E-state index in [1.54, 1.807) is 6.20 Å². The normalized spacial score (nSPS) is 17.4. The molecular weight excluding hydrogens is 250 g/mol. The molecule has 1 N–H and O–H groups in total. The number of rotatable bonds is 3. The van der Waals surface area contributed by atoms with E-state index in [0.717, 1.165) is 43.0 Å². The van der Waals surface area contributed by atoms with Crippen LogP contribution in [0.4, 0.5) is 0 Å². The van der Waals surface area contributed by atoms with Gasteiger partial charge in [0.1, 0.15) is 5.82 Å². The van der Waals surface area contributed by atoms with Crippen LogP contribution in [0.1, 0.15) is 38.2 Å². The Kier molecular flexibility index (Phi) is 5.32. The first kappa shape index (κ1) is 14.8. The average Bonchev–Trinajstić information content (AvgIpc) is 2.44. The molecule has 0 bridgehead atoms. The Morgan fingerprint density at radius 3 is 2.85 bits per heavy atom. The molecule has 1 aliphatic heterocycles. The number of likely N-dealkylation sites (tertiary alicyclic amines) is 1. The predicted molar refractivity (Wildman–Crippen MR) is 81.6 cm³/mol. The third kappa shape index (κ3) is 4.18. The van der Waals surface area contributed by atoms with Crippen molar-refractivity contribution in [2.75, 3.05) is 19.6 Å². The lowest BCUT2D eigenvalue weighted by Gasteiger charge is -2.32. The van der Waals surface area contributed by atoms with E-state index in [2.05, 4.69) is 34.0 Å². The topological polar surface area (TPSA) is 53.4 Å². The van der Waals surface area contributed by atoms with Crippen molar-refractivity contribution in [1.29, 1.82) is 0 Å². The summed E-state index contributed by atoms with van der Waals surface area (Å²) in [5, 5.41) is 3.38. The van der Waals surface area contributed by atoms with E-state index in [0.29, 0.717) is 6.54 Å². The van der Waals surface area contributed by atoms with Gasteiger partial charge in [-0.05, 0) is 38.7 Å². The molecule has 0 unspecified atom stereocenters. The molecule has 5 nitrogen and oxygen atoms in total. The summed E-state index contributed by atoms with van der Waals surface area (Å²) in [4.78, 5) is 15.6. The highest BCUT2D eigenvalue weighted by atomic mass is 15.3.